The SMILES string of the molecule is CCCCNC(=O)[C@H](Cc1ccccc1)N(Cc1ccccc1Cl)C(=O)CN(c1cccc(OC)c1)S(=O)(=O)c1ccccc1. The topological polar surface area (TPSA) is 96.0 Å². The number of unbranched alkanes of at least 4 members (excludes halogenated alkanes) is 1. The number of sulfonamides is 1. The zero-order valence-corrected chi connectivity index (χ0v) is 27.0. The second-order valence-electron chi connectivity index (χ2n) is 10.5. The first-order valence-corrected chi connectivity index (χ1v) is 16.6. The Kier molecular flexibility index (Phi) is 12.0. The van der Waals surface area contributed by atoms with Gasteiger partial charge in [0.1, 0.15) is 18.3 Å². The lowest BCUT2D eigenvalue weighted by Gasteiger charge is -2.34. The maximum absolute atomic E-state index is 14.5. The van der Waals surface area contributed by atoms with Crippen molar-refractivity contribution in [3.05, 3.63) is 125 Å². The van der Waals surface area contributed by atoms with Crippen molar-refractivity contribution in [2.45, 2.75) is 43.7 Å². The predicted molar refractivity (Wildman–Crippen MR) is 178 cm³/mol. The van der Waals surface area contributed by atoms with Crippen molar-refractivity contribution in [2.24, 2.45) is 0 Å². The van der Waals surface area contributed by atoms with E-state index in [4.69, 9.17) is 16.3 Å². The zero-order valence-electron chi connectivity index (χ0n) is 25.4. The van der Waals surface area contributed by atoms with Crippen LogP contribution in [0.4, 0.5) is 5.69 Å². The standard InChI is InChI=1S/C35H38ClN3O5S/c1-3-4-22-37-35(41)33(23-27-14-7-5-8-15-27)38(25-28-16-11-12-21-32(28)36)34(40)26-39(29-17-13-18-30(24-29)44-2)45(42,43)31-19-9-6-10-20-31/h5-21,24,33H,3-4,22-23,25-26H2,1-2H3,(H,37,41)/t33-/m0/s1. The van der Waals surface area contributed by atoms with E-state index in [0.717, 1.165) is 22.7 Å². The Morgan fingerprint density at radius 3 is 2.22 bits per heavy atom. The van der Waals surface area contributed by atoms with Crippen LogP contribution in [0.2, 0.25) is 5.02 Å². The summed E-state index contributed by atoms with van der Waals surface area (Å²) in [4.78, 5) is 29.8. The predicted octanol–water partition coefficient (Wildman–Crippen LogP) is 6.10. The summed E-state index contributed by atoms with van der Waals surface area (Å²) in [6.45, 7) is 1.91. The number of amides is 2. The number of anilines is 1. The van der Waals surface area contributed by atoms with E-state index in [1.807, 2.05) is 37.3 Å². The fourth-order valence-electron chi connectivity index (χ4n) is 4.88. The van der Waals surface area contributed by atoms with Gasteiger partial charge in [0, 0.05) is 30.6 Å². The van der Waals surface area contributed by atoms with Crippen molar-refractivity contribution in [3.8, 4) is 5.75 Å². The molecule has 8 nitrogen and oxygen atoms in total. The second-order valence-corrected chi connectivity index (χ2v) is 12.8. The summed E-state index contributed by atoms with van der Waals surface area (Å²) in [5.74, 6) is -0.464. The molecule has 1 atom stereocenters. The smallest absolute Gasteiger partial charge is 0.264 e. The third-order valence-corrected chi connectivity index (χ3v) is 9.51. The van der Waals surface area contributed by atoms with E-state index < -0.39 is 28.5 Å². The molecule has 236 valence electrons. The van der Waals surface area contributed by atoms with Crippen LogP contribution >= 0.6 is 11.6 Å². The van der Waals surface area contributed by atoms with Crippen LogP contribution in [0.3, 0.4) is 0 Å². The van der Waals surface area contributed by atoms with Crippen molar-refractivity contribution >= 4 is 39.1 Å². The van der Waals surface area contributed by atoms with Crippen LogP contribution in [0.15, 0.2) is 114 Å². The third-order valence-electron chi connectivity index (χ3n) is 7.35. The third kappa shape index (κ3) is 8.86. The quantitative estimate of drug-likeness (QED) is 0.157. The molecule has 0 heterocycles. The Labute approximate surface area is 270 Å². The number of benzene rings is 4. The molecule has 10 heteroatoms. The minimum atomic E-state index is -4.21. The lowest BCUT2D eigenvalue weighted by atomic mass is 10.0. The summed E-state index contributed by atoms with van der Waals surface area (Å²) in [5.41, 5.74) is 1.73. The van der Waals surface area contributed by atoms with Crippen LogP contribution in [0, 0.1) is 0 Å². The number of hydrogen-bond acceptors (Lipinski definition) is 5. The summed E-state index contributed by atoms with van der Waals surface area (Å²) < 4.78 is 34.6. The average Bonchev–Trinajstić information content (AvgIpc) is 3.06. The van der Waals surface area contributed by atoms with E-state index in [1.165, 1.54) is 24.1 Å². The number of carbonyl (C=O) groups excluding carboxylic acids is 2. The van der Waals surface area contributed by atoms with E-state index in [2.05, 4.69) is 5.32 Å². The van der Waals surface area contributed by atoms with Gasteiger partial charge in [-0.2, -0.15) is 0 Å². The van der Waals surface area contributed by atoms with Gasteiger partial charge in [0.05, 0.1) is 17.7 Å². The Bertz CT molecular complexity index is 1670. The zero-order chi connectivity index (χ0) is 32.2. The highest BCUT2D eigenvalue weighted by Crippen LogP contribution is 2.28. The number of halogens is 1. The first-order valence-electron chi connectivity index (χ1n) is 14.8. The molecule has 0 unspecified atom stereocenters. The first kappa shape index (κ1) is 33.6. The fraction of sp³-hybridized carbons (Fsp3) is 0.257. The largest absolute Gasteiger partial charge is 0.497 e. The van der Waals surface area contributed by atoms with Crippen LogP contribution in [-0.4, -0.2) is 51.4 Å². The molecular formula is C35H38ClN3O5S. The Balaban J connectivity index is 1.80. The van der Waals surface area contributed by atoms with Crippen molar-refractivity contribution in [1.29, 1.82) is 0 Å². The van der Waals surface area contributed by atoms with Crippen molar-refractivity contribution in [1.82, 2.24) is 10.2 Å². The lowest BCUT2D eigenvalue weighted by molar-refractivity contribution is -0.140. The number of nitrogens with one attached hydrogen (secondary N) is 1. The molecule has 0 fully saturated rings. The minimum Gasteiger partial charge on any atom is -0.497 e. The molecule has 4 aromatic carbocycles. The van der Waals surface area contributed by atoms with E-state index >= 15 is 0 Å². The molecular weight excluding hydrogens is 610 g/mol. The van der Waals surface area contributed by atoms with Gasteiger partial charge in [-0.3, -0.25) is 13.9 Å². The van der Waals surface area contributed by atoms with Crippen molar-refractivity contribution in [3.63, 3.8) is 0 Å². The Hall–Kier alpha value is -4.34. The Morgan fingerprint density at radius 1 is 0.889 bits per heavy atom. The summed E-state index contributed by atoms with van der Waals surface area (Å²) in [6, 6.07) is 30.0. The molecule has 0 aliphatic rings. The average molecular weight is 648 g/mol. The first-order chi connectivity index (χ1) is 21.7. The molecule has 2 amide bonds. The molecule has 0 spiro atoms. The monoisotopic (exact) mass is 647 g/mol. The molecule has 0 radical (unpaired) electrons. The summed E-state index contributed by atoms with van der Waals surface area (Å²) in [7, 11) is -2.72. The molecule has 0 saturated carbocycles. The van der Waals surface area contributed by atoms with Gasteiger partial charge < -0.3 is 15.0 Å². The number of ether oxygens (including phenoxy) is 1. The molecule has 4 aromatic rings. The molecule has 0 bridgehead atoms. The normalized spacial score (nSPS) is 11.8. The number of methoxy groups -OCH3 is 1. The van der Waals surface area contributed by atoms with Gasteiger partial charge in [0.25, 0.3) is 10.0 Å². The van der Waals surface area contributed by atoms with E-state index in [0.29, 0.717) is 22.9 Å². The van der Waals surface area contributed by atoms with Crippen LogP contribution in [-0.2, 0) is 32.6 Å². The van der Waals surface area contributed by atoms with Crippen LogP contribution in [0.1, 0.15) is 30.9 Å². The van der Waals surface area contributed by atoms with Gasteiger partial charge in [0.15, 0.2) is 0 Å². The number of rotatable bonds is 15. The van der Waals surface area contributed by atoms with E-state index in [9.17, 15) is 18.0 Å². The van der Waals surface area contributed by atoms with E-state index in [-0.39, 0.29) is 29.5 Å². The second kappa shape index (κ2) is 16.1. The van der Waals surface area contributed by atoms with Crippen LogP contribution in [0.25, 0.3) is 0 Å². The maximum atomic E-state index is 14.5. The van der Waals surface area contributed by atoms with Gasteiger partial charge in [-0.15, -0.1) is 0 Å². The molecule has 0 aliphatic heterocycles. The van der Waals surface area contributed by atoms with Crippen molar-refractivity contribution < 1.29 is 22.7 Å². The molecule has 0 aliphatic carbocycles. The number of nitrogens with zero attached hydrogens (tertiary/aromatic N) is 2. The number of carbonyl (C=O) groups is 2. The summed E-state index contributed by atoms with van der Waals surface area (Å²) in [6.07, 6.45) is 1.89. The van der Waals surface area contributed by atoms with Crippen LogP contribution < -0.4 is 14.4 Å². The maximum Gasteiger partial charge on any atom is 0.264 e. The molecule has 1 N–H and O–H groups in total. The van der Waals surface area contributed by atoms with Gasteiger partial charge in [-0.25, -0.2) is 8.42 Å². The highest BCUT2D eigenvalue weighted by atomic mass is 35.5. The van der Waals surface area contributed by atoms with Crippen molar-refractivity contribution in [2.75, 3.05) is 24.5 Å². The Morgan fingerprint density at radius 2 is 1.56 bits per heavy atom. The lowest BCUT2D eigenvalue weighted by Crippen LogP contribution is -2.53. The van der Waals surface area contributed by atoms with Gasteiger partial charge in [0.2, 0.25) is 11.8 Å². The summed E-state index contributed by atoms with van der Waals surface area (Å²) in [5, 5.41) is 3.41. The van der Waals surface area contributed by atoms with Gasteiger partial charge in [-0.05, 0) is 47.9 Å². The van der Waals surface area contributed by atoms with Crippen LogP contribution in [0.5, 0.6) is 5.75 Å². The highest BCUT2D eigenvalue weighted by molar-refractivity contribution is 7.92. The molecule has 45 heavy (non-hydrogen) atoms. The number of hydrogen-bond donors (Lipinski definition) is 1. The van der Waals surface area contributed by atoms with Gasteiger partial charge >= 0.3 is 0 Å². The molecule has 0 saturated heterocycles. The van der Waals surface area contributed by atoms with Gasteiger partial charge in [-0.1, -0.05) is 97.7 Å². The fourth-order valence-corrected chi connectivity index (χ4v) is 6.51. The minimum absolute atomic E-state index is 0.00542. The molecule has 0 aromatic heterocycles. The van der Waals surface area contributed by atoms with E-state index in [1.54, 1.807) is 66.7 Å². The highest BCUT2D eigenvalue weighted by Gasteiger charge is 2.35. The summed E-state index contributed by atoms with van der Waals surface area (Å²) >= 11 is 6.55. The molecule has 4 rings (SSSR count).